The van der Waals surface area contributed by atoms with Gasteiger partial charge in [0.15, 0.2) is 6.61 Å². The monoisotopic (exact) mass is 426 g/mol. The van der Waals surface area contributed by atoms with Gasteiger partial charge < -0.3 is 19.7 Å². The van der Waals surface area contributed by atoms with E-state index in [9.17, 15) is 9.59 Å². The van der Waals surface area contributed by atoms with Gasteiger partial charge in [-0.1, -0.05) is 50.6 Å². The molecule has 0 aromatic heterocycles. The number of rotatable bonds is 11. The van der Waals surface area contributed by atoms with E-state index >= 15 is 0 Å². The number of carbonyl (C=O) groups excluding carboxylic acids is 2. The topological polar surface area (TPSA) is 67.9 Å². The fraction of sp³-hybridized carbons (Fsp3) is 0.440. The average Bonchev–Trinajstić information content (AvgIpc) is 2.77. The molecule has 0 spiro atoms. The lowest BCUT2D eigenvalue weighted by atomic mass is 10.1. The normalized spacial score (nSPS) is 11.7. The number of hydrogen-bond acceptors (Lipinski definition) is 4. The molecule has 0 aliphatic carbocycles. The van der Waals surface area contributed by atoms with Gasteiger partial charge in [0.25, 0.3) is 5.91 Å². The molecular formula is C25H34N2O4. The Bertz CT molecular complexity index is 832. The maximum atomic E-state index is 13.2. The first kappa shape index (κ1) is 24.3. The van der Waals surface area contributed by atoms with E-state index in [2.05, 4.69) is 5.32 Å². The number of ether oxygens (including phenoxy) is 2. The van der Waals surface area contributed by atoms with Crippen LogP contribution in [0.2, 0.25) is 0 Å². The predicted octanol–water partition coefficient (Wildman–Crippen LogP) is 3.96. The largest absolute Gasteiger partial charge is 0.497 e. The number of methoxy groups -OCH3 is 1. The molecule has 1 N–H and O–H groups in total. The highest BCUT2D eigenvalue weighted by molar-refractivity contribution is 5.88. The van der Waals surface area contributed by atoms with Crippen molar-refractivity contribution in [3.05, 3.63) is 59.7 Å². The summed E-state index contributed by atoms with van der Waals surface area (Å²) < 4.78 is 10.8. The van der Waals surface area contributed by atoms with Gasteiger partial charge in [-0.3, -0.25) is 9.59 Å². The van der Waals surface area contributed by atoms with Gasteiger partial charge in [-0.15, -0.1) is 0 Å². The predicted molar refractivity (Wildman–Crippen MR) is 122 cm³/mol. The molecule has 0 saturated heterocycles. The van der Waals surface area contributed by atoms with Crippen LogP contribution in [0.3, 0.4) is 0 Å². The molecule has 0 radical (unpaired) electrons. The van der Waals surface area contributed by atoms with E-state index in [1.807, 2.05) is 52.0 Å². The number of amides is 2. The molecule has 31 heavy (non-hydrogen) atoms. The van der Waals surface area contributed by atoms with Crippen LogP contribution in [0.5, 0.6) is 11.5 Å². The van der Waals surface area contributed by atoms with Gasteiger partial charge in [0.2, 0.25) is 5.91 Å². The first-order valence-corrected chi connectivity index (χ1v) is 10.7. The minimum absolute atomic E-state index is 0.138. The lowest BCUT2D eigenvalue weighted by Gasteiger charge is -2.31. The van der Waals surface area contributed by atoms with Crippen LogP contribution < -0.4 is 14.8 Å². The molecule has 2 amide bonds. The molecule has 0 aliphatic heterocycles. The Kier molecular flexibility index (Phi) is 9.38. The van der Waals surface area contributed by atoms with Crippen molar-refractivity contribution < 1.29 is 19.1 Å². The molecule has 1 atom stereocenters. The molecule has 0 bridgehead atoms. The zero-order valence-corrected chi connectivity index (χ0v) is 19.2. The summed E-state index contributed by atoms with van der Waals surface area (Å²) >= 11 is 0. The molecule has 2 aromatic rings. The molecule has 168 valence electrons. The van der Waals surface area contributed by atoms with Gasteiger partial charge in [-0.2, -0.15) is 0 Å². The minimum Gasteiger partial charge on any atom is -0.497 e. The quantitative estimate of drug-likeness (QED) is 0.591. The molecule has 0 saturated carbocycles. The van der Waals surface area contributed by atoms with Crippen LogP contribution in [0, 0.1) is 12.8 Å². The first-order chi connectivity index (χ1) is 14.8. The van der Waals surface area contributed by atoms with Gasteiger partial charge in [0, 0.05) is 13.1 Å². The van der Waals surface area contributed by atoms with E-state index in [4.69, 9.17) is 9.47 Å². The Morgan fingerprint density at radius 3 is 2.16 bits per heavy atom. The SMILES string of the molecule is CCC(C(=O)NCC(C)C)N(Cc1ccc(C)cc1)C(=O)COc1ccc(OC)cc1. The van der Waals surface area contributed by atoms with Crippen LogP contribution in [0.1, 0.15) is 38.3 Å². The highest BCUT2D eigenvalue weighted by Crippen LogP contribution is 2.18. The summed E-state index contributed by atoms with van der Waals surface area (Å²) in [5.74, 6) is 1.25. The summed E-state index contributed by atoms with van der Waals surface area (Å²) in [5.41, 5.74) is 2.12. The number of nitrogens with zero attached hydrogens (tertiary/aromatic N) is 1. The van der Waals surface area contributed by atoms with E-state index in [-0.39, 0.29) is 18.4 Å². The fourth-order valence-electron chi connectivity index (χ4n) is 3.13. The van der Waals surface area contributed by atoms with Crippen molar-refractivity contribution in [1.29, 1.82) is 0 Å². The second kappa shape index (κ2) is 12.0. The van der Waals surface area contributed by atoms with Gasteiger partial charge in [-0.25, -0.2) is 0 Å². The Balaban J connectivity index is 2.16. The van der Waals surface area contributed by atoms with Crippen LogP contribution in [0.25, 0.3) is 0 Å². The van der Waals surface area contributed by atoms with Gasteiger partial charge in [0.1, 0.15) is 17.5 Å². The van der Waals surface area contributed by atoms with Crippen molar-refractivity contribution in [1.82, 2.24) is 10.2 Å². The maximum Gasteiger partial charge on any atom is 0.261 e. The second-order valence-electron chi connectivity index (χ2n) is 8.03. The van der Waals surface area contributed by atoms with E-state index < -0.39 is 6.04 Å². The Hall–Kier alpha value is -3.02. The minimum atomic E-state index is -0.563. The first-order valence-electron chi connectivity index (χ1n) is 10.7. The van der Waals surface area contributed by atoms with Crippen molar-refractivity contribution in [3.63, 3.8) is 0 Å². The van der Waals surface area contributed by atoms with Crippen molar-refractivity contribution in [2.45, 2.75) is 46.7 Å². The molecule has 0 heterocycles. The summed E-state index contributed by atoms with van der Waals surface area (Å²) in [5, 5.41) is 2.96. The number of nitrogens with one attached hydrogen (secondary N) is 1. The van der Waals surface area contributed by atoms with Crippen LogP contribution in [0.15, 0.2) is 48.5 Å². The zero-order valence-electron chi connectivity index (χ0n) is 19.2. The van der Waals surface area contributed by atoms with Gasteiger partial charge in [0.05, 0.1) is 7.11 Å². The molecule has 0 fully saturated rings. The van der Waals surface area contributed by atoms with Crippen LogP contribution >= 0.6 is 0 Å². The van der Waals surface area contributed by atoms with E-state index in [0.717, 1.165) is 11.1 Å². The van der Waals surface area contributed by atoms with E-state index in [0.29, 0.717) is 36.9 Å². The van der Waals surface area contributed by atoms with Gasteiger partial charge >= 0.3 is 0 Å². The van der Waals surface area contributed by atoms with Crippen LogP contribution in [-0.4, -0.2) is 43.0 Å². The van der Waals surface area contributed by atoms with Crippen molar-refractivity contribution >= 4 is 11.8 Å². The molecule has 2 aromatic carbocycles. The number of aryl methyl sites for hydroxylation is 1. The third kappa shape index (κ3) is 7.63. The third-order valence-corrected chi connectivity index (χ3v) is 4.97. The lowest BCUT2D eigenvalue weighted by Crippen LogP contribution is -2.50. The summed E-state index contributed by atoms with van der Waals surface area (Å²) in [7, 11) is 1.59. The van der Waals surface area contributed by atoms with Crippen LogP contribution in [0.4, 0.5) is 0 Å². The number of hydrogen-bond donors (Lipinski definition) is 1. The zero-order chi connectivity index (χ0) is 22.8. The summed E-state index contributed by atoms with van der Waals surface area (Å²) in [4.78, 5) is 27.6. The fourth-order valence-corrected chi connectivity index (χ4v) is 3.13. The van der Waals surface area contributed by atoms with Gasteiger partial charge in [-0.05, 0) is 49.1 Å². The molecular weight excluding hydrogens is 392 g/mol. The average molecular weight is 427 g/mol. The second-order valence-corrected chi connectivity index (χ2v) is 8.03. The molecule has 6 heteroatoms. The third-order valence-electron chi connectivity index (χ3n) is 4.97. The van der Waals surface area contributed by atoms with Crippen LogP contribution in [-0.2, 0) is 16.1 Å². The smallest absolute Gasteiger partial charge is 0.261 e. The molecule has 6 nitrogen and oxygen atoms in total. The maximum absolute atomic E-state index is 13.2. The lowest BCUT2D eigenvalue weighted by molar-refractivity contribution is -0.143. The van der Waals surface area contributed by atoms with Crippen molar-refractivity contribution in [2.24, 2.45) is 5.92 Å². The summed E-state index contributed by atoms with van der Waals surface area (Å²) in [6.07, 6.45) is 0.518. The Morgan fingerprint density at radius 1 is 1.00 bits per heavy atom. The summed E-state index contributed by atoms with van der Waals surface area (Å²) in [6, 6.07) is 14.5. The van der Waals surface area contributed by atoms with E-state index in [1.165, 1.54) is 0 Å². The standard InChI is InChI=1S/C25H34N2O4/c1-6-23(25(29)26-15-18(2)3)27(16-20-9-7-19(4)8-10-20)24(28)17-31-22-13-11-21(30-5)12-14-22/h7-14,18,23H,6,15-17H2,1-5H3,(H,26,29). The molecule has 0 aliphatic rings. The molecule has 1 unspecified atom stereocenters. The Morgan fingerprint density at radius 2 is 1.61 bits per heavy atom. The summed E-state index contributed by atoms with van der Waals surface area (Å²) in [6.45, 7) is 8.79. The highest BCUT2D eigenvalue weighted by Gasteiger charge is 2.29. The van der Waals surface area contributed by atoms with E-state index in [1.54, 1.807) is 36.3 Å². The molecule has 2 rings (SSSR count). The highest BCUT2D eigenvalue weighted by atomic mass is 16.5. The Labute approximate surface area is 185 Å². The number of benzene rings is 2. The van der Waals surface area contributed by atoms with Crippen molar-refractivity contribution in [3.8, 4) is 11.5 Å². The van der Waals surface area contributed by atoms with Crippen molar-refractivity contribution in [2.75, 3.05) is 20.3 Å². The number of carbonyl (C=O) groups is 2.